The monoisotopic (exact) mass is 423 g/mol. The minimum Gasteiger partial charge on any atom is -0.356 e. The van der Waals surface area contributed by atoms with Crippen molar-refractivity contribution in [2.45, 2.75) is 38.6 Å². The van der Waals surface area contributed by atoms with E-state index >= 15 is 0 Å². The number of rotatable bonds is 4. The van der Waals surface area contributed by atoms with Crippen molar-refractivity contribution in [3.8, 4) is 11.3 Å². The van der Waals surface area contributed by atoms with Crippen LogP contribution in [-0.4, -0.2) is 42.8 Å². The van der Waals surface area contributed by atoms with Crippen molar-refractivity contribution in [3.05, 3.63) is 54.4 Å². The Morgan fingerprint density at radius 3 is 2.65 bits per heavy atom. The van der Waals surface area contributed by atoms with E-state index in [-0.39, 0.29) is 12.0 Å². The van der Waals surface area contributed by atoms with E-state index in [0.717, 1.165) is 54.7 Å². The molecule has 0 unspecified atom stereocenters. The number of halogens is 2. The number of nitrogens with one attached hydrogen (secondary N) is 1. The molecule has 0 aliphatic carbocycles. The molecule has 1 aliphatic heterocycles. The number of H-pyrrole nitrogens is 1. The van der Waals surface area contributed by atoms with Gasteiger partial charge in [-0.15, -0.1) is 0 Å². The third-order valence-electron chi connectivity index (χ3n) is 5.92. The van der Waals surface area contributed by atoms with Gasteiger partial charge in [0.15, 0.2) is 17.3 Å². The van der Waals surface area contributed by atoms with Crippen molar-refractivity contribution in [1.82, 2.24) is 29.7 Å². The summed E-state index contributed by atoms with van der Waals surface area (Å²) in [6.07, 6.45) is 7.10. The van der Waals surface area contributed by atoms with Gasteiger partial charge in [0.25, 0.3) is 0 Å². The van der Waals surface area contributed by atoms with Crippen LogP contribution in [0.4, 0.5) is 14.6 Å². The Morgan fingerprint density at radius 1 is 1.10 bits per heavy atom. The van der Waals surface area contributed by atoms with Crippen LogP contribution < -0.4 is 4.90 Å². The average Bonchev–Trinajstić information content (AvgIpc) is 3.43. The van der Waals surface area contributed by atoms with Crippen LogP contribution in [0.15, 0.2) is 36.9 Å². The molecule has 0 amide bonds. The van der Waals surface area contributed by atoms with Crippen LogP contribution in [0, 0.1) is 11.6 Å². The molecule has 0 saturated carbocycles. The lowest BCUT2D eigenvalue weighted by molar-refractivity contribution is 0.448. The lowest BCUT2D eigenvalue weighted by Gasteiger charge is -2.33. The fourth-order valence-electron chi connectivity index (χ4n) is 4.27. The zero-order chi connectivity index (χ0) is 21.5. The van der Waals surface area contributed by atoms with E-state index in [2.05, 4.69) is 43.5 Å². The molecule has 1 aliphatic rings. The van der Waals surface area contributed by atoms with Gasteiger partial charge in [-0.1, -0.05) is 0 Å². The van der Waals surface area contributed by atoms with Gasteiger partial charge in [0.2, 0.25) is 0 Å². The van der Waals surface area contributed by atoms with E-state index < -0.39 is 11.6 Å². The summed E-state index contributed by atoms with van der Waals surface area (Å²) in [6, 6.07) is 4.14. The second-order valence-electron chi connectivity index (χ2n) is 8.21. The third-order valence-corrected chi connectivity index (χ3v) is 5.92. The molecule has 4 aromatic rings. The number of imidazole rings is 1. The molecule has 7 nitrogen and oxygen atoms in total. The average molecular weight is 423 g/mol. The number of benzene rings is 1. The second-order valence-corrected chi connectivity index (χ2v) is 8.21. The Bertz CT molecular complexity index is 1220. The molecule has 5 rings (SSSR count). The SMILES string of the molecule is CC(C)n1cc(-c2ccc(F)c(F)c2)nc1C1CCN(c2ncnc3[nH]ncc23)CC1. The fourth-order valence-corrected chi connectivity index (χ4v) is 4.27. The topological polar surface area (TPSA) is 75.5 Å². The van der Waals surface area contributed by atoms with E-state index in [1.807, 2.05) is 6.20 Å². The lowest BCUT2D eigenvalue weighted by Crippen LogP contribution is -2.34. The van der Waals surface area contributed by atoms with Crippen LogP contribution in [-0.2, 0) is 0 Å². The van der Waals surface area contributed by atoms with Gasteiger partial charge in [0.05, 0.1) is 17.3 Å². The fraction of sp³-hybridized carbons (Fsp3) is 0.364. The van der Waals surface area contributed by atoms with Gasteiger partial charge in [-0.3, -0.25) is 5.10 Å². The van der Waals surface area contributed by atoms with Crippen LogP contribution in [0.3, 0.4) is 0 Å². The van der Waals surface area contributed by atoms with Crippen molar-refractivity contribution in [2.75, 3.05) is 18.0 Å². The molecule has 4 heterocycles. The summed E-state index contributed by atoms with van der Waals surface area (Å²) in [5.41, 5.74) is 1.99. The van der Waals surface area contributed by atoms with Crippen molar-refractivity contribution >= 4 is 16.9 Å². The van der Waals surface area contributed by atoms with Crippen molar-refractivity contribution in [3.63, 3.8) is 0 Å². The Hall–Kier alpha value is -3.36. The summed E-state index contributed by atoms with van der Waals surface area (Å²) in [7, 11) is 0. The Kier molecular flexibility index (Phi) is 4.88. The number of nitrogens with zero attached hydrogens (tertiary/aromatic N) is 6. The molecule has 1 fully saturated rings. The maximum absolute atomic E-state index is 13.7. The first-order chi connectivity index (χ1) is 15.0. The normalized spacial score (nSPS) is 15.3. The van der Waals surface area contributed by atoms with Gasteiger partial charge in [-0.25, -0.2) is 23.7 Å². The van der Waals surface area contributed by atoms with Crippen LogP contribution in [0.2, 0.25) is 0 Å². The highest BCUT2D eigenvalue weighted by Crippen LogP contribution is 2.34. The molecule has 1 aromatic carbocycles. The molecule has 0 spiro atoms. The van der Waals surface area contributed by atoms with Crippen LogP contribution >= 0.6 is 0 Å². The minimum absolute atomic E-state index is 0.215. The van der Waals surface area contributed by atoms with Crippen LogP contribution in [0.5, 0.6) is 0 Å². The maximum Gasteiger partial charge on any atom is 0.160 e. The number of fused-ring (bicyclic) bond motifs is 1. The number of piperidine rings is 1. The van der Waals surface area contributed by atoms with Crippen molar-refractivity contribution < 1.29 is 8.78 Å². The van der Waals surface area contributed by atoms with E-state index in [1.165, 1.54) is 6.07 Å². The summed E-state index contributed by atoms with van der Waals surface area (Å²) in [5.74, 6) is 0.453. The number of hydrogen-bond acceptors (Lipinski definition) is 5. The van der Waals surface area contributed by atoms with Crippen molar-refractivity contribution in [1.29, 1.82) is 0 Å². The molecule has 160 valence electrons. The van der Waals surface area contributed by atoms with Crippen LogP contribution in [0.1, 0.15) is 44.5 Å². The third kappa shape index (κ3) is 3.54. The summed E-state index contributed by atoms with van der Waals surface area (Å²) in [5, 5.41) is 7.89. The molecule has 9 heteroatoms. The quantitative estimate of drug-likeness (QED) is 0.525. The molecule has 31 heavy (non-hydrogen) atoms. The number of anilines is 1. The van der Waals surface area contributed by atoms with Crippen LogP contribution in [0.25, 0.3) is 22.3 Å². The summed E-state index contributed by atoms with van der Waals surface area (Å²) in [6.45, 7) is 5.89. The number of aromatic amines is 1. The highest BCUT2D eigenvalue weighted by Gasteiger charge is 2.27. The molecule has 1 N–H and O–H groups in total. The van der Waals surface area contributed by atoms with Gasteiger partial charge in [0.1, 0.15) is 18.0 Å². The number of aromatic nitrogens is 6. The summed E-state index contributed by atoms with van der Waals surface area (Å²) in [4.78, 5) is 15.8. The lowest BCUT2D eigenvalue weighted by atomic mass is 9.95. The first-order valence-electron chi connectivity index (χ1n) is 10.4. The number of hydrogen-bond donors (Lipinski definition) is 1. The van der Waals surface area contributed by atoms with Crippen molar-refractivity contribution in [2.24, 2.45) is 0 Å². The molecule has 3 aromatic heterocycles. The predicted molar refractivity (Wildman–Crippen MR) is 114 cm³/mol. The zero-order valence-electron chi connectivity index (χ0n) is 17.4. The molecule has 1 saturated heterocycles. The highest BCUT2D eigenvalue weighted by molar-refractivity contribution is 5.86. The van der Waals surface area contributed by atoms with Gasteiger partial charge in [-0.05, 0) is 44.9 Å². The maximum atomic E-state index is 13.7. The largest absolute Gasteiger partial charge is 0.356 e. The standard InChI is InChI=1S/C22H23F2N7/c1-13(2)31-11-19(15-3-4-17(23)18(24)9-15)28-21(31)14-5-7-30(8-6-14)22-16-10-27-29-20(16)25-12-26-22/h3-4,9-14H,5-8H2,1-2H3,(H,25,26,27,29). The van der Waals surface area contributed by atoms with Gasteiger partial charge < -0.3 is 9.47 Å². The highest BCUT2D eigenvalue weighted by atomic mass is 19.2. The molecule has 0 radical (unpaired) electrons. The molecule has 0 atom stereocenters. The first-order valence-corrected chi connectivity index (χ1v) is 10.4. The van der Waals surface area contributed by atoms with E-state index in [9.17, 15) is 8.78 Å². The van der Waals surface area contributed by atoms with Gasteiger partial charge >= 0.3 is 0 Å². The van der Waals surface area contributed by atoms with E-state index in [1.54, 1.807) is 18.6 Å². The first kappa shape index (κ1) is 19.6. The Morgan fingerprint density at radius 2 is 1.90 bits per heavy atom. The smallest absolute Gasteiger partial charge is 0.160 e. The van der Waals surface area contributed by atoms with Gasteiger partial charge in [-0.2, -0.15) is 5.10 Å². The predicted octanol–water partition coefficient (Wildman–Crippen LogP) is 4.46. The zero-order valence-corrected chi connectivity index (χ0v) is 17.4. The Labute approximate surface area is 178 Å². The Balaban J connectivity index is 1.40. The van der Waals surface area contributed by atoms with E-state index in [4.69, 9.17) is 4.98 Å². The van der Waals surface area contributed by atoms with E-state index in [0.29, 0.717) is 11.3 Å². The molecular formula is C22H23F2N7. The minimum atomic E-state index is -0.859. The molecule has 0 bridgehead atoms. The van der Waals surface area contributed by atoms with Gasteiger partial charge in [0, 0.05) is 36.8 Å². The second kappa shape index (κ2) is 7.72. The summed E-state index contributed by atoms with van der Waals surface area (Å²) >= 11 is 0. The summed E-state index contributed by atoms with van der Waals surface area (Å²) < 4.78 is 29.2. The molecular weight excluding hydrogens is 400 g/mol.